The van der Waals surface area contributed by atoms with Crippen molar-refractivity contribution in [2.45, 2.75) is 50.2 Å². The molecule has 0 saturated carbocycles. The Bertz CT molecular complexity index is 1090. The van der Waals surface area contributed by atoms with Crippen LogP contribution in [0.3, 0.4) is 0 Å². The summed E-state index contributed by atoms with van der Waals surface area (Å²) in [6.07, 6.45) is 3.78. The maximum atomic E-state index is 12.3. The summed E-state index contributed by atoms with van der Waals surface area (Å²) in [5.74, 6) is 1.03. The standard InChI is InChI=1S/C22H32N6O4S/c1-22(2,3)32-21(29)28-12-10-15(11-13-28)26-19-18(23)20(25-14-24-19)27(4)16-6-8-17(9-7-16)33(5,30)31/h6-9,14-15H,10-13,23H2,1-5H3,(H,24,25,26). The SMILES string of the molecule is CN(c1ccc(S(C)(=O)=O)cc1)c1ncnc(NC2CCN(C(=O)OC(C)(C)C)CC2)c1N. The molecule has 1 amide bonds. The Morgan fingerprint density at radius 3 is 2.33 bits per heavy atom. The zero-order valence-corrected chi connectivity index (χ0v) is 20.5. The summed E-state index contributed by atoms with van der Waals surface area (Å²) in [5, 5.41) is 3.37. The number of nitrogens with two attached hydrogens (primary N) is 1. The van der Waals surface area contributed by atoms with Gasteiger partial charge in [-0.2, -0.15) is 0 Å². The van der Waals surface area contributed by atoms with Crippen molar-refractivity contribution in [1.82, 2.24) is 14.9 Å². The molecule has 11 heteroatoms. The molecular formula is C22H32N6O4S. The van der Waals surface area contributed by atoms with Crippen LogP contribution in [0.4, 0.5) is 27.8 Å². The molecule has 1 aromatic carbocycles. The Kier molecular flexibility index (Phi) is 7.01. The summed E-state index contributed by atoms with van der Waals surface area (Å²) >= 11 is 0. The molecule has 180 valence electrons. The second kappa shape index (κ2) is 9.42. The third-order valence-corrected chi connectivity index (χ3v) is 6.45. The fourth-order valence-electron chi connectivity index (χ4n) is 3.53. The van der Waals surface area contributed by atoms with Crippen LogP contribution in [0, 0.1) is 0 Å². The number of nitrogen functional groups attached to an aromatic ring is 1. The first-order valence-electron chi connectivity index (χ1n) is 10.7. The monoisotopic (exact) mass is 476 g/mol. The number of aromatic nitrogens is 2. The van der Waals surface area contributed by atoms with Crippen LogP contribution in [-0.2, 0) is 14.6 Å². The van der Waals surface area contributed by atoms with E-state index in [-0.39, 0.29) is 17.0 Å². The lowest BCUT2D eigenvalue weighted by atomic mass is 10.1. The predicted octanol–water partition coefficient (Wildman–Crippen LogP) is 3.04. The third-order valence-electron chi connectivity index (χ3n) is 5.32. The minimum Gasteiger partial charge on any atom is -0.444 e. The van der Waals surface area contributed by atoms with Gasteiger partial charge in [-0.15, -0.1) is 0 Å². The van der Waals surface area contributed by atoms with E-state index in [4.69, 9.17) is 10.5 Å². The zero-order chi connectivity index (χ0) is 24.4. The van der Waals surface area contributed by atoms with E-state index < -0.39 is 15.4 Å². The van der Waals surface area contributed by atoms with Crippen molar-refractivity contribution in [3.63, 3.8) is 0 Å². The number of nitrogens with zero attached hydrogens (tertiary/aromatic N) is 4. The van der Waals surface area contributed by atoms with Crippen molar-refractivity contribution in [3.8, 4) is 0 Å². The molecule has 0 unspecified atom stereocenters. The maximum absolute atomic E-state index is 12.3. The van der Waals surface area contributed by atoms with Crippen molar-refractivity contribution in [2.24, 2.45) is 0 Å². The lowest BCUT2D eigenvalue weighted by molar-refractivity contribution is 0.0210. The summed E-state index contributed by atoms with van der Waals surface area (Å²) in [6.45, 7) is 6.72. The number of rotatable bonds is 5. The van der Waals surface area contributed by atoms with Crippen LogP contribution in [0.25, 0.3) is 0 Å². The van der Waals surface area contributed by atoms with E-state index in [9.17, 15) is 13.2 Å². The van der Waals surface area contributed by atoms with E-state index in [2.05, 4.69) is 15.3 Å². The molecule has 10 nitrogen and oxygen atoms in total. The van der Waals surface area contributed by atoms with Crippen molar-refractivity contribution in [1.29, 1.82) is 0 Å². The molecule has 0 aliphatic carbocycles. The number of nitrogens with one attached hydrogen (secondary N) is 1. The molecule has 3 N–H and O–H groups in total. The molecule has 0 radical (unpaired) electrons. The van der Waals surface area contributed by atoms with E-state index in [1.165, 1.54) is 12.6 Å². The summed E-state index contributed by atoms with van der Waals surface area (Å²) in [6, 6.07) is 6.62. The second-order valence-corrected chi connectivity index (χ2v) is 11.2. The van der Waals surface area contributed by atoms with Gasteiger partial charge < -0.3 is 25.6 Å². The summed E-state index contributed by atoms with van der Waals surface area (Å²) in [7, 11) is -1.47. The van der Waals surface area contributed by atoms with Crippen molar-refractivity contribution >= 4 is 38.9 Å². The zero-order valence-electron chi connectivity index (χ0n) is 19.7. The molecule has 2 aromatic rings. The van der Waals surface area contributed by atoms with Gasteiger partial charge in [0.05, 0.1) is 4.90 Å². The Hall–Kier alpha value is -3.08. The van der Waals surface area contributed by atoms with Crippen LogP contribution >= 0.6 is 0 Å². The topological polar surface area (TPSA) is 131 Å². The van der Waals surface area contributed by atoms with E-state index in [0.717, 1.165) is 18.5 Å². The number of hydrogen-bond acceptors (Lipinski definition) is 9. The molecule has 1 fully saturated rings. The molecule has 1 aromatic heterocycles. The van der Waals surface area contributed by atoms with Crippen LogP contribution in [0.5, 0.6) is 0 Å². The van der Waals surface area contributed by atoms with Crippen molar-refractivity contribution < 1.29 is 17.9 Å². The van der Waals surface area contributed by atoms with Gasteiger partial charge in [-0.3, -0.25) is 0 Å². The number of piperidine rings is 1. The summed E-state index contributed by atoms with van der Waals surface area (Å²) in [4.78, 5) is 24.6. The molecule has 1 saturated heterocycles. The fourth-order valence-corrected chi connectivity index (χ4v) is 4.16. The number of hydrogen-bond donors (Lipinski definition) is 2. The Morgan fingerprint density at radius 2 is 1.79 bits per heavy atom. The molecule has 0 bridgehead atoms. The molecule has 3 rings (SSSR count). The Balaban J connectivity index is 1.67. The minimum atomic E-state index is -3.27. The molecule has 1 aliphatic rings. The van der Waals surface area contributed by atoms with Crippen LogP contribution < -0.4 is 16.0 Å². The van der Waals surface area contributed by atoms with Crippen LogP contribution in [0.15, 0.2) is 35.5 Å². The average Bonchev–Trinajstić information content (AvgIpc) is 2.73. The first-order chi connectivity index (χ1) is 15.3. The number of carbonyl (C=O) groups excluding carboxylic acids is 1. The van der Waals surface area contributed by atoms with E-state index in [1.807, 2.05) is 20.8 Å². The summed E-state index contributed by atoms with van der Waals surface area (Å²) in [5.41, 5.74) is 6.99. The van der Waals surface area contributed by atoms with Gasteiger partial charge in [-0.1, -0.05) is 0 Å². The highest BCUT2D eigenvalue weighted by Gasteiger charge is 2.27. The first kappa shape index (κ1) is 24.6. The van der Waals surface area contributed by atoms with Crippen molar-refractivity contribution in [2.75, 3.05) is 42.3 Å². The van der Waals surface area contributed by atoms with Crippen LogP contribution in [0.1, 0.15) is 33.6 Å². The third kappa shape index (κ3) is 6.25. The van der Waals surface area contributed by atoms with Gasteiger partial charge >= 0.3 is 6.09 Å². The van der Waals surface area contributed by atoms with Gasteiger partial charge in [-0.25, -0.2) is 23.2 Å². The number of benzene rings is 1. The van der Waals surface area contributed by atoms with Crippen LogP contribution in [-0.4, -0.2) is 67.4 Å². The van der Waals surface area contributed by atoms with Crippen molar-refractivity contribution in [3.05, 3.63) is 30.6 Å². The van der Waals surface area contributed by atoms with Gasteiger partial charge in [0, 0.05) is 38.1 Å². The van der Waals surface area contributed by atoms with Gasteiger partial charge in [0.2, 0.25) is 0 Å². The molecule has 33 heavy (non-hydrogen) atoms. The predicted molar refractivity (Wildman–Crippen MR) is 129 cm³/mol. The van der Waals surface area contributed by atoms with Gasteiger partial charge in [0.1, 0.15) is 17.6 Å². The Labute approximate surface area is 195 Å². The molecule has 2 heterocycles. The quantitative estimate of drug-likeness (QED) is 0.668. The highest BCUT2D eigenvalue weighted by Crippen LogP contribution is 2.32. The number of likely N-dealkylation sites (tertiary alicyclic amines) is 1. The van der Waals surface area contributed by atoms with Gasteiger partial charge in [-0.05, 0) is 57.9 Å². The highest BCUT2D eigenvalue weighted by atomic mass is 32.2. The lowest BCUT2D eigenvalue weighted by Gasteiger charge is -2.34. The van der Waals surface area contributed by atoms with E-state index in [1.54, 1.807) is 41.1 Å². The van der Waals surface area contributed by atoms with Gasteiger partial charge in [0.15, 0.2) is 21.5 Å². The lowest BCUT2D eigenvalue weighted by Crippen LogP contribution is -2.44. The first-order valence-corrected chi connectivity index (χ1v) is 12.6. The molecule has 1 aliphatic heterocycles. The summed E-state index contributed by atoms with van der Waals surface area (Å²) < 4.78 is 28.8. The number of amides is 1. The normalized spacial score (nSPS) is 15.2. The molecular weight excluding hydrogens is 444 g/mol. The Morgan fingerprint density at radius 1 is 1.18 bits per heavy atom. The van der Waals surface area contributed by atoms with Crippen LogP contribution in [0.2, 0.25) is 0 Å². The highest BCUT2D eigenvalue weighted by molar-refractivity contribution is 7.90. The smallest absolute Gasteiger partial charge is 0.410 e. The average molecular weight is 477 g/mol. The molecule has 0 atom stereocenters. The molecule has 0 spiro atoms. The maximum Gasteiger partial charge on any atom is 0.410 e. The largest absolute Gasteiger partial charge is 0.444 e. The van der Waals surface area contributed by atoms with E-state index in [0.29, 0.717) is 30.4 Å². The number of carbonyl (C=O) groups is 1. The number of anilines is 4. The number of sulfone groups is 1. The minimum absolute atomic E-state index is 0.105. The van der Waals surface area contributed by atoms with E-state index >= 15 is 0 Å². The van der Waals surface area contributed by atoms with Gasteiger partial charge in [0.25, 0.3) is 0 Å². The second-order valence-electron chi connectivity index (χ2n) is 9.17. The number of ether oxygens (including phenoxy) is 1. The fraction of sp³-hybridized carbons (Fsp3) is 0.500.